The molecule has 218 valence electrons. The predicted octanol–water partition coefficient (Wildman–Crippen LogP) is 8.51. The first kappa shape index (κ1) is 30.5. The van der Waals surface area contributed by atoms with Crippen LogP contribution in [0.1, 0.15) is 47.4 Å². The maximum atomic E-state index is 14.5. The van der Waals surface area contributed by atoms with Gasteiger partial charge in [-0.3, -0.25) is 9.59 Å². The summed E-state index contributed by atoms with van der Waals surface area (Å²) in [7, 11) is 0. The minimum Gasteiger partial charge on any atom is -0.461 e. The summed E-state index contributed by atoms with van der Waals surface area (Å²) >= 11 is 2.95. The number of alkyl halides is 6. The number of esters is 1. The van der Waals surface area contributed by atoms with Crippen molar-refractivity contribution in [1.82, 2.24) is 0 Å². The first-order chi connectivity index (χ1) is 19.3. The van der Waals surface area contributed by atoms with Crippen LogP contribution in [0.2, 0.25) is 0 Å². The average molecular weight is 646 g/mol. The number of rotatable bonds is 6. The van der Waals surface area contributed by atoms with Crippen LogP contribution in [0.4, 0.5) is 36.4 Å². The third-order valence-electron chi connectivity index (χ3n) is 7.01. The molecule has 1 fully saturated rings. The minimum atomic E-state index is -4.79. The van der Waals surface area contributed by atoms with Crippen molar-refractivity contribution in [3.8, 4) is 0 Å². The second-order valence-corrected chi connectivity index (χ2v) is 10.5. The molecular weight excluding hydrogens is 623 g/mol. The van der Waals surface area contributed by atoms with Gasteiger partial charge in [-0.2, -0.15) is 26.3 Å². The molecule has 1 amide bonds. The molecule has 0 heterocycles. The van der Waals surface area contributed by atoms with Crippen molar-refractivity contribution in [3.05, 3.63) is 99.3 Å². The van der Waals surface area contributed by atoms with Crippen molar-refractivity contribution in [2.24, 2.45) is 11.8 Å². The Hall–Kier alpha value is -3.41. The lowest BCUT2D eigenvalue weighted by Crippen LogP contribution is -2.41. The van der Waals surface area contributed by atoms with Gasteiger partial charge in [0.15, 0.2) is 0 Å². The van der Waals surface area contributed by atoms with Crippen LogP contribution >= 0.6 is 15.9 Å². The largest absolute Gasteiger partial charge is 0.461 e. The molecule has 4 rings (SSSR count). The van der Waals surface area contributed by atoms with Gasteiger partial charge in [0.25, 0.3) is 0 Å². The lowest BCUT2D eigenvalue weighted by molar-refractivity contribution is -0.156. The van der Waals surface area contributed by atoms with E-state index in [0.717, 1.165) is 12.1 Å². The van der Waals surface area contributed by atoms with E-state index in [0.29, 0.717) is 30.0 Å². The maximum Gasteiger partial charge on any atom is 0.417 e. The smallest absolute Gasteiger partial charge is 0.417 e. The predicted molar refractivity (Wildman–Crippen MR) is 139 cm³/mol. The van der Waals surface area contributed by atoms with Crippen molar-refractivity contribution >= 4 is 33.5 Å². The molecule has 1 saturated carbocycles. The number of hydrogen-bond donors (Lipinski definition) is 1. The van der Waals surface area contributed by atoms with Gasteiger partial charge in [-0.25, -0.2) is 4.39 Å². The second-order valence-electron chi connectivity index (χ2n) is 9.68. The highest BCUT2D eigenvalue weighted by Crippen LogP contribution is 2.45. The zero-order valence-corrected chi connectivity index (χ0v) is 22.7. The summed E-state index contributed by atoms with van der Waals surface area (Å²) in [5.74, 6) is -5.88. The molecule has 0 spiro atoms. The molecule has 0 aliphatic heterocycles. The number of anilines is 1. The Bertz CT molecular complexity index is 1410. The van der Waals surface area contributed by atoms with Crippen LogP contribution < -0.4 is 5.32 Å². The van der Waals surface area contributed by atoms with E-state index in [1.54, 1.807) is 30.3 Å². The quantitative estimate of drug-likeness (QED) is 0.216. The normalized spacial score (nSPS) is 19.5. The summed E-state index contributed by atoms with van der Waals surface area (Å²) in [6.45, 7) is -0.124. The molecule has 0 aromatic heterocycles. The highest BCUT2D eigenvalue weighted by molar-refractivity contribution is 9.10. The summed E-state index contributed by atoms with van der Waals surface area (Å²) in [4.78, 5) is 26.8. The molecule has 3 aromatic carbocycles. The van der Waals surface area contributed by atoms with E-state index in [9.17, 15) is 40.3 Å². The van der Waals surface area contributed by atoms with Crippen molar-refractivity contribution in [1.29, 1.82) is 0 Å². The topological polar surface area (TPSA) is 55.4 Å². The number of amides is 1. The standard InChI is InChI=1S/C29H23BrF7NO3/c30-22-13-17(9-11-21(22)29(35,36)37)19-7-4-8-20(25(19)27(40)41-15-16-5-2-1-3-6-16)26(39)38-24-12-10-18(14-23(24)31)28(32,33)34/h1-3,5-6,9-14,19-20,25H,4,7-8,15H2,(H,38,39)/t19-,20-,25-/m1/s1. The van der Waals surface area contributed by atoms with E-state index in [1.165, 1.54) is 12.1 Å². The highest BCUT2D eigenvalue weighted by atomic mass is 79.9. The molecule has 0 unspecified atom stereocenters. The van der Waals surface area contributed by atoms with Gasteiger partial charge in [-0.15, -0.1) is 0 Å². The Morgan fingerprint density at radius 2 is 1.61 bits per heavy atom. The van der Waals surface area contributed by atoms with E-state index < -0.39 is 64.6 Å². The summed E-state index contributed by atoms with van der Waals surface area (Å²) < 4.78 is 98.6. The van der Waals surface area contributed by atoms with Gasteiger partial charge in [-0.05, 0) is 60.2 Å². The Kier molecular flexibility index (Phi) is 9.10. The number of hydrogen-bond acceptors (Lipinski definition) is 3. The van der Waals surface area contributed by atoms with Gasteiger partial charge in [-0.1, -0.05) is 58.7 Å². The monoisotopic (exact) mass is 645 g/mol. The lowest BCUT2D eigenvalue weighted by atomic mass is 9.69. The van der Waals surface area contributed by atoms with Gasteiger partial charge in [0.2, 0.25) is 5.91 Å². The first-order valence-electron chi connectivity index (χ1n) is 12.5. The molecule has 0 radical (unpaired) electrons. The number of carbonyl (C=O) groups is 2. The number of carbonyl (C=O) groups excluding carboxylic acids is 2. The van der Waals surface area contributed by atoms with Crippen molar-refractivity contribution in [2.75, 3.05) is 5.32 Å². The van der Waals surface area contributed by atoms with Crippen LogP contribution in [0.3, 0.4) is 0 Å². The summed E-state index contributed by atoms with van der Waals surface area (Å²) in [6.07, 6.45) is -8.49. The Labute approximate surface area is 239 Å². The van der Waals surface area contributed by atoms with Gasteiger partial charge in [0, 0.05) is 4.47 Å². The zero-order valence-electron chi connectivity index (χ0n) is 21.2. The first-order valence-corrected chi connectivity index (χ1v) is 13.3. The zero-order chi connectivity index (χ0) is 29.9. The van der Waals surface area contributed by atoms with E-state index >= 15 is 0 Å². The molecule has 0 bridgehead atoms. The van der Waals surface area contributed by atoms with Gasteiger partial charge >= 0.3 is 18.3 Å². The average Bonchev–Trinajstić information content (AvgIpc) is 2.91. The summed E-state index contributed by atoms with van der Waals surface area (Å²) in [5.41, 5.74) is -1.62. The second kappa shape index (κ2) is 12.2. The number of benzene rings is 3. The molecule has 1 aliphatic carbocycles. The highest BCUT2D eigenvalue weighted by Gasteiger charge is 2.44. The summed E-state index contributed by atoms with van der Waals surface area (Å²) in [6, 6.07) is 13.7. The third kappa shape index (κ3) is 7.27. The fraction of sp³-hybridized carbons (Fsp3) is 0.310. The SMILES string of the molecule is O=C(OCc1ccccc1)[C@@H]1[C@@H](c2ccc(C(F)(F)F)c(Br)c2)CCC[C@H]1C(=O)Nc1ccc(C(F)(F)F)cc1F. The Morgan fingerprint density at radius 1 is 0.902 bits per heavy atom. The fourth-order valence-corrected chi connectivity index (χ4v) is 5.65. The van der Waals surface area contributed by atoms with Gasteiger partial charge in [0.05, 0.1) is 28.7 Å². The lowest BCUT2D eigenvalue weighted by Gasteiger charge is -2.36. The Morgan fingerprint density at radius 3 is 2.22 bits per heavy atom. The molecule has 0 saturated heterocycles. The van der Waals surface area contributed by atoms with Crippen molar-refractivity contribution < 1.29 is 45.1 Å². The van der Waals surface area contributed by atoms with Crippen molar-refractivity contribution in [3.63, 3.8) is 0 Å². The Balaban J connectivity index is 1.64. The van der Waals surface area contributed by atoms with Crippen molar-refractivity contribution in [2.45, 2.75) is 44.1 Å². The molecular formula is C29H23BrF7NO3. The van der Waals surface area contributed by atoms with Crippen LogP contribution in [-0.4, -0.2) is 11.9 Å². The molecule has 1 aliphatic rings. The number of nitrogens with one attached hydrogen (secondary N) is 1. The maximum absolute atomic E-state index is 14.5. The van der Waals surface area contributed by atoms with Crippen LogP contribution in [-0.2, 0) is 33.3 Å². The number of ether oxygens (including phenoxy) is 1. The molecule has 1 N–H and O–H groups in total. The molecule has 3 aromatic rings. The molecule has 12 heteroatoms. The van der Waals surface area contributed by atoms with Gasteiger partial charge in [0.1, 0.15) is 12.4 Å². The fourth-order valence-electron chi connectivity index (χ4n) is 5.03. The third-order valence-corrected chi connectivity index (χ3v) is 7.67. The van der Waals surface area contributed by atoms with E-state index in [2.05, 4.69) is 21.2 Å². The summed E-state index contributed by atoms with van der Waals surface area (Å²) in [5, 5.41) is 2.28. The van der Waals surface area contributed by atoms with E-state index in [4.69, 9.17) is 4.74 Å². The number of halogens is 8. The van der Waals surface area contributed by atoms with Gasteiger partial charge < -0.3 is 10.1 Å². The van der Waals surface area contributed by atoms with E-state index in [-0.39, 0.29) is 23.6 Å². The molecule has 4 nitrogen and oxygen atoms in total. The van der Waals surface area contributed by atoms with Crippen LogP contribution in [0.15, 0.2) is 71.2 Å². The van der Waals surface area contributed by atoms with E-state index in [1.807, 2.05) is 0 Å². The van der Waals surface area contributed by atoms with Crippen LogP contribution in [0.5, 0.6) is 0 Å². The van der Waals surface area contributed by atoms with Crippen LogP contribution in [0, 0.1) is 17.7 Å². The minimum absolute atomic E-state index is 0.124. The molecule has 3 atom stereocenters. The molecule has 41 heavy (non-hydrogen) atoms. The van der Waals surface area contributed by atoms with Crippen LogP contribution in [0.25, 0.3) is 0 Å².